The van der Waals surface area contributed by atoms with Crippen LogP contribution in [0.4, 0.5) is 29.2 Å². The Kier molecular flexibility index (Phi) is 7.87. The second kappa shape index (κ2) is 10.3. The first kappa shape index (κ1) is 26.6. The van der Waals surface area contributed by atoms with Crippen molar-refractivity contribution in [2.75, 3.05) is 29.0 Å². The van der Waals surface area contributed by atoms with E-state index in [1.807, 2.05) is 4.72 Å². The maximum Gasteiger partial charge on any atom is 0.433 e. The average molecular weight is 518 g/mol. The Morgan fingerprint density at radius 2 is 1.91 bits per heavy atom. The van der Waals surface area contributed by atoms with Crippen LogP contribution in [0.5, 0.6) is 0 Å². The fraction of sp³-hybridized carbons (Fsp3) is 0.500. The Balaban J connectivity index is 1.75. The molecule has 0 aliphatic carbocycles. The van der Waals surface area contributed by atoms with E-state index in [-0.39, 0.29) is 17.9 Å². The highest BCUT2D eigenvalue weighted by Gasteiger charge is 2.34. The summed E-state index contributed by atoms with van der Waals surface area (Å²) in [5, 5.41) is 2.67. The van der Waals surface area contributed by atoms with Crippen molar-refractivity contribution in [1.29, 1.82) is 0 Å². The van der Waals surface area contributed by atoms with Crippen molar-refractivity contribution in [3.63, 3.8) is 0 Å². The van der Waals surface area contributed by atoms with Gasteiger partial charge in [-0.2, -0.15) is 13.2 Å². The van der Waals surface area contributed by atoms with Crippen molar-refractivity contribution in [2.45, 2.75) is 45.3 Å². The SMILES string of the molecule is CC1CCN(c2nc(C(F)(F)F)ccc2CNC(=O)C(C)c2cnc(NS(C)(=O)=O)c(F)c2)CC1. The van der Waals surface area contributed by atoms with E-state index in [1.54, 1.807) is 4.90 Å². The number of nitrogens with zero attached hydrogens (tertiary/aromatic N) is 3. The second-order valence-electron chi connectivity index (χ2n) is 8.76. The Morgan fingerprint density at radius 1 is 1.26 bits per heavy atom. The zero-order valence-corrected chi connectivity index (χ0v) is 20.3. The van der Waals surface area contributed by atoms with Crippen LogP contribution in [0.1, 0.15) is 49.4 Å². The maximum absolute atomic E-state index is 14.2. The monoisotopic (exact) mass is 517 g/mol. The van der Waals surface area contributed by atoms with Crippen molar-refractivity contribution in [3.8, 4) is 0 Å². The minimum atomic E-state index is -4.59. The van der Waals surface area contributed by atoms with Gasteiger partial charge >= 0.3 is 6.18 Å². The minimum absolute atomic E-state index is 0.0701. The molecule has 3 heterocycles. The Labute approximate surface area is 201 Å². The average Bonchev–Trinajstić information content (AvgIpc) is 2.77. The van der Waals surface area contributed by atoms with Crippen LogP contribution in [-0.4, -0.2) is 43.6 Å². The molecule has 2 aromatic heterocycles. The molecule has 1 aliphatic rings. The van der Waals surface area contributed by atoms with E-state index in [0.29, 0.717) is 24.6 Å². The summed E-state index contributed by atoms with van der Waals surface area (Å²) in [6.07, 6.45) is -0.913. The molecule has 3 rings (SSSR count). The number of carbonyl (C=O) groups excluding carboxylic acids is 1. The summed E-state index contributed by atoms with van der Waals surface area (Å²) in [7, 11) is -3.73. The highest BCUT2D eigenvalue weighted by Crippen LogP contribution is 2.32. The van der Waals surface area contributed by atoms with Crippen LogP contribution in [0.2, 0.25) is 0 Å². The topological polar surface area (TPSA) is 104 Å². The molecule has 35 heavy (non-hydrogen) atoms. The van der Waals surface area contributed by atoms with Gasteiger partial charge in [-0.1, -0.05) is 13.0 Å². The molecule has 8 nitrogen and oxygen atoms in total. The Morgan fingerprint density at radius 3 is 2.49 bits per heavy atom. The fourth-order valence-corrected chi connectivity index (χ4v) is 4.20. The normalized spacial score (nSPS) is 16.1. The van der Waals surface area contributed by atoms with Crippen molar-refractivity contribution in [1.82, 2.24) is 15.3 Å². The van der Waals surface area contributed by atoms with Crippen LogP contribution in [0.3, 0.4) is 0 Å². The first-order chi connectivity index (χ1) is 16.2. The van der Waals surface area contributed by atoms with Gasteiger partial charge < -0.3 is 10.2 Å². The first-order valence-electron chi connectivity index (χ1n) is 11.0. The van der Waals surface area contributed by atoms with Gasteiger partial charge in [0.15, 0.2) is 11.6 Å². The smallest absolute Gasteiger partial charge is 0.356 e. The summed E-state index contributed by atoms with van der Waals surface area (Å²) in [4.78, 5) is 22.1. The molecule has 1 saturated heterocycles. The van der Waals surface area contributed by atoms with Crippen LogP contribution < -0.4 is 14.9 Å². The Hall–Kier alpha value is -2.96. The number of rotatable bonds is 7. The van der Waals surface area contributed by atoms with Crippen LogP contribution in [0.25, 0.3) is 0 Å². The largest absolute Gasteiger partial charge is 0.433 e. The van der Waals surface area contributed by atoms with Gasteiger partial charge in [-0.25, -0.2) is 22.8 Å². The van der Waals surface area contributed by atoms with Gasteiger partial charge in [0, 0.05) is 31.4 Å². The van der Waals surface area contributed by atoms with Crippen molar-refractivity contribution < 1.29 is 30.8 Å². The highest BCUT2D eigenvalue weighted by atomic mass is 32.2. The Bertz CT molecular complexity index is 1180. The number of nitrogens with one attached hydrogen (secondary N) is 2. The standard InChI is InChI=1S/C22H27F4N5O3S/c1-13-6-8-31(9-7-13)20-15(4-5-18(29-20)22(24,25)26)11-28-21(32)14(2)16-10-17(23)19(27-12-16)30-35(3,33)34/h4-5,10,12-14H,6-9,11H2,1-3H3,(H,27,30)(H,28,32). The lowest BCUT2D eigenvalue weighted by atomic mass is 9.99. The van der Waals surface area contributed by atoms with E-state index in [9.17, 15) is 30.8 Å². The maximum atomic E-state index is 14.2. The molecule has 1 amide bonds. The van der Waals surface area contributed by atoms with Gasteiger partial charge in [0.2, 0.25) is 15.9 Å². The molecule has 13 heteroatoms. The number of anilines is 2. The van der Waals surface area contributed by atoms with Crippen LogP contribution in [-0.2, 0) is 27.5 Å². The number of hydrogen-bond donors (Lipinski definition) is 2. The molecule has 1 aliphatic heterocycles. The molecule has 1 atom stereocenters. The van der Waals surface area contributed by atoms with Crippen molar-refractivity contribution >= 4 is 27.6 Å². The molecular weight excluding hydrogens is 490 g/mol. The van der Waals surface area contributed by atoms with Gasteiger partial charge in [-0.05, 0) is 43.4 Å². The van der Waals surface area contributed by atoms with E-state index in [2.05, 4.69) is 22.2 Å². The number of amides is 1. The molecule has 2 N–H and O–H groups in total. The van der Waals surface area contributed by atoms with E-state index in [0.717, 1.165) is 31.2 Å². The number of hydrogen-bond acceptors (Lipinski definition) is 6. The lowest BCUT2D eigenvalue weighted by Gasteiger charge is -2.33. The fourth-order valence-electron chi connectivity index (χ4n) is 3.69. The molecule has 0 saturated carbocycles. The van der Waals surface area contributed by atoms with Gasteiger partial charge in [-0.15, -0.1) is 0 Å². The molecule has 2 aromatic rings. The van der Waals surface area contributed by atoms with Crippen LogP contribution in [0, 0.1) is 11.7 Å². The third kappa shape index (κ3) is 7.03. The second-order valence-corrected chi connectivity index (χ2v) is 10.5. The summed E-state index contributed by atoms with van der Waals surface area (Å²) in [6.45, 7) is 4.64. The first-order valence-corrected chi connectivity index (χ1v) is 12.9. The zero-order chi connectivity index (χ0) is 26.0. The third-order valence-corrected chi connectivity index (χ3v) is 6.38. The van der Waals surface area contributed by atoms with Crippen molar-refractivity contribution in [2.24, 2.45) is 5.92 Å². The molecule has 0 aromatic carbocycles. The lowest BCUT2D eigenvalue weighted by Crippen LogP contribution is -2.35. The van der Waals surface area contributed by atoms with Gasteiger partial charge in [-0.3, -0.25) is 9.52 Å². The van der Waals surface area contributed by atoms with Crippen LogP contribution >= 0.6 is 0 Å². The number of pyridine rings is 2. The molecule has 192 valence electrons. The minimum Gasteiger partial charge on any atom is -0.356 e. The predicted octanol–water partition coefficient (Wildman–Crippen LogP) is 3.66. The summed E-state index contributed by atoms with van der Waals surface area (Å²) in [5.74, 6) is -2.14. The quantitative estimate of drug-likeness (QED) is 0.544. The van der Waals surface area contributed by atoms with Gasteiger partial charge in [0.1, 0.15) is 11.5 Å². The summed E-state index contributed by atoms with van der Waals surface area (Å²) in [6, 6.07) is 3.19. The molecule has 0 radical (unpaired) electrons. The number of aromatic nitrogens is 2. The third-order valence-electron chi connectivity index (χ3n) is 5.82. The van der Waals surface area contributed by atoms with E-state index in [1.165, 1.54) is 19.2 Å². The lowest BCUT2D eigenvalue weighted by molar-refractivity contribution is -0.141. The summed E-state index contributed by atoms with van der Waals surface area (Å²) in [5.41, 5.74) is -0.362. The summed E-state index contributed by atoms with van der Waals surface area (Å²) >= 11 is 0. The van der Waals surface area contributed by atoms with E-state index < -0.39 is 45.4 Å². The number of carbonyl (C=O) groups is 1. The predicted molar refractivity (Wildman–Crippen MR) is 123 cm³/mol. The number of halogens is 4. The molecular formula is C22H27F4N5O3S. The highest BCUT2D eigenvalue weighted by molar-refractivity contribution is 7.92. The van der Waals surface area contributed by atoms with E-state index in [4.69, 9.17) is 0 Å². The van der Waals surface area contributed by atoms with Gasteiger partial charge in [0.25, 0.3) is 0 Å². The molecule has 1 unspecified atom stereocenters. The molecule has 0 bridgehead atoms. The molecule has 0 spiro atoms. The van der Waals surface area contributed by atoms with E-state index >= 15 is 0 Å². The number of alkyl halides is 3. The zero-order valence-electron chi connectivity index (χ0n) is 19.5. The number of piperidine rings is 1. The van der Waals surface area contributed by atoms with Crippen molar-refractivity contribution in [3.05, 3.63) is 47.0 Å². The number of sulfonamides is 1. The summed E-state index contributed by atoms with van der Waals surface area (Å²) < 4.78 is 78.5. The van der Waals surface area contributed by atoms with Gasteiger partial charge in [0.05, 0.1) is 12.2 Å². The van der Waals surface area contributed by atoms with Crippen LogP contribution in [0.15, 0.2) is 24.4 Å². The molecule has 1 fully saturated rings.